The third-order valence-electron chi connectivity index (χ3n) is 3.75. The summed E-state index contributed by atoms with van der Waals surface area (Å²) in [7, 11) is -3.63. The molecule has 0 aliphatic carbocycles. The van der Waals surface area contributed by atoms with Crippen LogP contribution in [-0.2, 0) is 21.4 Å². The highest BCUT2D eigenvalue weighted by Crippen LogP contribution is 2.22. The van der Waals surface area contributed by atoms with Gasteiger partial charge in [-0.25, -0.2) is 18.1 Å². The Balaban J connectivity index is 1.75. The number of halogens is 1. The number of pyridine rings is 1. The summed E-state index contributed by atoms with van der Waals surface area (Å²) in [6, 6.07) is 10.1. The molecule has 1 aliphatic rings. The number of anilines is 1. The number of hydrogen-bond acceptors (Lipinski definition) is 4. The van der Waals surface area contributed by atoms with Crippen molar-refractivity contribution in [3.05, 3.63) is 52.6 Å². The minimum atomic E-state index is -3.63. The quantitative estimate of drug-likeness (QED) is 0.822. The molecule has 1 aromatic carbocycles. The van der Waals surface area contributed by atoms with E-state index in [2.05, 4.69) is 25.6 Å². The maximum absolute atomic E-state index is 12.4. The Hall–Kier alpha value is -1.77. The first-order chi connectivity index (χ1) is 11.5. The number of nitrogens with one attached hydrogen (secondary N) is 1. The van der Waals surface area contributed by atoms with Crippen molar-refractivity contribution in [2.75, 3.05) is 11.4 Å². The monoisotopic (exact) mass is 409 g/mol. The van der Waals surface area contributed by atoms with Gasteiger partial charge in [0.2, 0.25) is 15.9 Å². The Morgan fingerprint density at radius 2 is 2.04 bits per heavy atom. The van der Waals surface area contributed by atoms with Crippen LogP contribution in [0.5, 0.6) is 0 Å². The lowest BCUT2D eigenvalue weighted by Gasteiger charge is -2.15. The van der Waals surface area contributed by atoms with E-state index in [1.165, 1.54) is 6.07 Å². The molecule has 6 nitrogen and oxygen atoms in total. The van der Waals surface area contributed by atoms with E-state index in [9.17, 15) is 13.2 Å². The third kappa shape index (κ3) is 3.66. The summed E-state index contributed by atoms with van der Waals surface area (Å²) in [6.07, 6.45) is 2.93. The summed E-state index contributed by atoms with van der Waals surface area (Å²) >= 11 is 3.25. The number of amides is 1. The van der Waals surface area contributed by atoms with E-state index in [0.29, 0.717) is 23.3 Å². The van der Waals surface area contributed by atoms with Crippen LogP contribution in [0.15, 0.2) is 52.0 Å². The number of carbonyl (C=O) groups is 1. The van der Waals surface area contributed by atoms with Crippen molar-refractivity contribution in [2.24, 2.45) is 0 Å². The van der Waals surface area contributed by atoms with Gasteiger partial charge in [-0.2, -0.15) is 0 Å². The van der Waals surface area contributed by atoms with E-state index in [-0.39, 0.29) is 17.3 Å². The van der Waals surface area contributed by atoms with E-state index < -0.39 is 10.0 Å². The second-order valence-corrected chi connectivity index (χ2v) is 8.02. The molecule has 0 radical (unpaired) electrons. The van der Waals surface area contributed by atoms with Crippen LogP contribution in [0.3, 0.4) is 0 Å². The summed E-state index contributed by atoms with van der Waals surface area (Å²) in [5.41, 5.74) is 0.746. The van der Waals surface area contributed by atoms with Crippen LogP contribution in [0.1, 0.15) is 18.4 Å². The zero-order valence-electron chi connectivity index (χ0n) is 12.8. The van der Waals surface area contributed by atoms with Crippen LogP contribution >= 0.6 is 15.9 Å². The van der Waals surface area contributed by atoms with E-state index in [1.807, 2.05) is 0 Å². The van der Waals surface area contributed by atoms with Crippen LogP contribution in [-0.4, -0.2) is 25.9 Å². The molecule has 24 heavy (non-hydrogen) atoms. The summed E-state index contributed by atoms with van der Waals surface area (Å²) in [5.74, 6) is 0.614. The van der Waals surface area contributed by atoms with Crippen molar-refractivity contribution in [3.63, 3.8) is 0 Å². The number of benzene rings is 1. The molecule has 0 saturated carbocycles. The van der Waals surface area contributed by atoms with Crippen molar-refractivity contribution < 1.29 is 13.2 Å². The van der Waals surface area contributed by atoms with Gasteiger partial charge < -0.3 is 0 Å². The second-order valence-electron chi connectivity index (χ2n) is 5.43. The van der Waals surface area contributed by atoms with Crippen LogP contribution in [0.2, 0.25) is 0 Å². The maximum Gasteiger partial charge on any atom is 0.241 e. The molecule has 1 N–H and O–H groups in total. The number of aromatic nitrogens is 1. The smallest absolute Gasteiger partial charge is 0.241 e. The molecule has 126 valence electrons. The summed E-state index contributed by atoms with van der Waals surface area (Å²) in [4.78, 5) is 17.8. The number of carbonyl (C=O) groups excluding carboxylic acids is 1. The molecule has 2 heterocycles. The zero-order valence-corrected chi connectivity index (χ0v) is 15.2. The fraction of sp³-hybridized carbons (Fsp3) is 0.250. The van der Waals surface area contributed by atoms with E-state index >= 15 is 0 Å². The molecule has 1 fully saturated rings. The van der Waals surface area contributed by atoms with Crippen LogP contribution in [0.4, 0.5) is 5.82 Å². The van der Waals surface area contributed by atoms with Crippen LogP contribution < -0.4 is 9.62 Å². The van der Waals surface area contributed by atoms with Gasteiger partial charge in [0, 0.05) is 30.2 Å². The highest BCUT2D eigenvalue weighted by molar-refractivity contribution is 9.10. The third-order valence-corrected chi connectivity index (χ3v) is 6.17. The molecule has 1 aromatic heterocycles. The Morgan fingerprint density at radius 3 is 2.75 bits per heavy atom. The largest absolute Gasteiger partial charge is 0.297 e. The van der Waals surface area contributed by atoms with Gasteiger partial charge in [0.1, 0.15) is 5.82 Å². The molecule has 0 unspecified atom stereocenters. The van der Waals surface area contributed by atoms with Crippen molar-refractivity contribution in [2.45, 2.75) is 24.3 Å². The van der Waals surface area contributed by atoms with Gasteiger partial charge in [0.25, 0.3) is 0 Å². The van der Waals surface area contributed by atoms with E-state index in [1.54, 1.807) is 41.4 Å². The average Bonchev–Trinajstić information content (AvgIpc) is 3.00. The Bertz CT molecular complexity index is 870. The zero-order chi connectivity index (χ0) is 17.2. The molecule has 1 saturated heterocycles. The molecule has 1 amide bonds. The predicted molar refractivity (Wildman–Crippen MR) is 94.0 cm³/mol. The van der Waals surface area contributed by atoms with Crippen molar-refractivity contribution in [1.82, 2.24) is 9.71 Å². The van der Waals surface area contributed by atoms with Gasteiger partial charge in [-0.05, 0) is 52.2 Å². The van der Waals surface area contributed by atoms with Crippen molar-refractivity contribution in [3.8, 4) is 0 Å². The van der Waals surface area contributed by atoms with Gasteiger partial charge in [-0.1, -0.05) is 12.1 Å². The van der Waals surface area contributed by atoms with Gasteiger partial charge in [-0.15, -0.1) is 0 Å². The normalized spacial score (nSPS) is 15.0. The maximum atomic E-state index is 12.4. The van der Waals surface area contributed by atoms with Gasteiger partial charge in [-0.3, -0.25) is 9.69 Å². The van der Waals surface area contributed by atoms with E-state index in [4.69, 9.17) is 0 Å². The highest BCUT2D eigenvalue weighted by Gasteiger charge is 2.23. The fourth-order valence-corrected chi connectivity index (χ4v) is 4.55. The molecule has 2 aromatic rings. The first-order valence-electron chi connectivity index (χ1n) is 7.47. The lowest BCUT2D eigenvalue weighted by atomic mass is 10.2. The van der Waals surface area contributed by atoms with Crippen LogP contribution in [0, 0.1) is 0 Å². The number of hydrogen-bond donors (Lipinski definition) is 1. The second kappa shape index (κ2) is 7.00. The Morgan fingerprint density at radius 1 is 1.25 bits per heavy atom. The SMILES string of the molecule is O=C1CCCN1c1cc(CNS(=O)(=O)c2ccccc2Br)ccn1. The van der Waals surface area contributed by atoms with Gasteiger partial charge in [0.05, 0.1) is 4.90 Å². The standard InChI is InChI=1S/C16H16BrN3O3S/c17-13-4-1-2-5-14(13)24(22,23)19-11-12-7-8-18-15(10-12)20-9-3-6-16(20)21/h1-2,4-5,7-8,10,19H,3,6,9,11H2. The minimum Gasteiger partial charge on any atom is -0.297 e. The van der Waals surface area contributed by atoms with Crippen molar-refractivity contribution >= 4 is 37.7 Å². The molecule has 3 rings (SSSR count). The van der Waals surface area contributed by atoms with Gasteiger partial charge >= 0.3 is 0 Å². The van der Waals surface area contributed by atoms with Crippen LogP contribution in [0.25, 0.3) is 0 Å². The Labute approximate surface area is 149 Å². The number of sulfonamides is 1. The molecule has 1 aliphatic heterocycles. The lowest BCUT2D eigenvalue weighted by molar-refractivity contribution is -0.117. The highest BCUT2D eigenvalue weighted by atomic mass is 79.9. The first-order valence-corrected chi connectivity index (χ1v) is 9.74. The summed E-state index contributed by atoms with van der Waals surface area (Å²) in [6.45, 7) is 0.777. The Kier molecular flexibility index (Phi) is 4.98. The molecule has 0 bridgehead atoms. The molecule has 8 heteroatoms. The lowest BCUT2D eigenvalue weighted by Crippen LogP contribution is -2.26. The topological polar surface area (TPSA) is 79.4 Å². The molecule has 0 atom stereocenters. The molecular formula is C16H16BrN3O3S. The molecule has 0 spiro atoms. The van der Waals surface area contributed by atoms with Crippen molar-refractivity contribution in [1.29, 1.82) is 0 Å². The predicted octanol–water partition coefficient (Wildman–Crippen LogP) is 2.45. The summed E-state index contributed by atoms with van der Waals surface area (Å²) < 4.78 is 27.9. The minimum absolute atomic E-state index is 0.0495. The van der Waals surface area contributed by atoms with E-state index in [0.717, 1.165) is 12.0 Å². The number of nitrogens with zero attached hydrogens (tertiary/aromatic N) is 2. The summed E-state index contributed by atoms with van der Waals surface area (Å²) in [5, 5.41) is 0. The fourth-order valence-electron chi connectivity index (χ4n) is 2.53. The van der Waals surface area contributed by atoms with Gasteiger partial charge in [0.15, 0.2) is 0 Å². The first kappa shape index (κ1) is 17.1. The molecular weight excluding hydrogens is 394 g/mol. The average molecular weight is 410 g/mol. The number of rotatable bonds is 5.